The highest BCUT2D eigenvalue weighted by Crippen LogP contribution is 2.45. The second-order valence-electron chi connectivity index (χ2n) is 23.8. The van der Waals surface area contributed by atoms with Crippen LogP contribution in [0.1, 0.15) is 396 Å². The summed E-state index contributed by atoms with van der Waals surface area (Å²) in [7, 11) is 0. The maximum absolute atomic E-state index is 15.5. The number of ether oxygens (including phenoxy) is 2. The molecule has 0 saturated carbocycles. The second-order valence-corrected chi connectivity index (χ2v) is 27.0. The Balaban J connectivity index is 3.81. The predicted octanol–water partition coefficient (Wildman–Crippen LogP) is 26.9. The lowest BCUT2D eigenvalue weighted by atomic mass is 9.84. The Labute approximate surface area is 506 Å². The topological polar surface area (TPSA) is 52.6 Å². The molecule has 0 unspecified atom stereocenters. The van der Waals surface area contributed by atoms with E-state index in [9.17, 15) is 0 Å². The smallest absolute Gasteiger partial charge is 0.340 e. The van der Waals surface area contributed by atoms with Crippen LogP contribution in [0.15, 0.2) is 17.9 Å². The normalized spacial score (nSPS) is 12.0. The molecule has 0 aliphatic carbocycles. The van der Waals surface area contributed by atoms with E-state index in [1.807, 2.05) is 0 Å². The first-order valence-corrected chi connectivity index (χ1v) is 36.5. The zero-order valence-electron chi connectivity index (χ0n) is 50.9. The number of unbranched alkanes of at least 4 members (excludes halogenated alkanes) is 40. The number of benzene rings is 1. The summed E-state index contributed by atoms with van der Waals surface area (Å²) >= 11 is 15.5. The Kier molecular flexibility index (Phi) is 49.5. The van der Waals surface area contributed by atoms with Crippen LogP contribution in [-0.4, -0.2) is 23.1 Å². The number of halogens is 4. The van der Waals surface area contributed by atoms with Gasteiger partial charge in [0.25, 0.3) is 0 Å². The van der Waals surface area contributed by atoms with Crippen LogP contribution in [0.25, 0.3) is 0 Å². The molecule has 1 aromatic rings. The van der Waals surface area contributed by atoms with Gasteiger partial charge in [-0.1, -0.05) is 298 Å². The van der Waals surface area contributed by atoms with Gasteiger partial charge in [-0.15, -0.1) is 0 Å². The van der Waals surface area contributed by atoms with Crippen molar-refractivity contribution in [3.63, 3.8) is 0 Å². The fourth-order valence-corrected chi connectivity index (χ4v) is 14.1. The Morgan fingerprint density at radius 3 is 0.553 bits per heavy atom. The molecule has 0 N–H and O–H groups in total. The molecule has 0 aliphatic rings. The first-order valence-electron chi connectivity index (χ1n) is 33.3. The summed E-state index contributed by atoms with van der Waals surface area (Å²) in [5.74, 6) is -0.808. The average Bonchev–Trinajstić information content (AvgIpc) is 3.41. The minimum atomic E-state index is -0.592. The van der Waals surface area contributed by atoms with Gasteiger partial charge in [-0.05, 0) is 141 Å². The first kappa shape index (κ1) is 74.1. The molecule has 0 saturated heterocycles. The van der Waals surface area contributed by atoms with Gasteiger partial charge in [-0.25, -0.2) is 9.59 Å². The van der Waals surface area contributed by atoms with Crippen molar-refractivity contribution in [3.8, 4) is 0 Å². The minimum Gasteiger partial charge on any atom is -0.455 e. The van der Waals surface area contributed by atoms with Crippen molar-refractivity contribution in [2.24, 2.45) is 0 Å². The molecule has 0 fully saturated rings. The largest absolute Gasteiger partial charge is 0.455 e. The molecule has 1 rings (SSSR count). The van der Waals surface area contributed by atoms with E-state index in [0.717, 1.165) is 116 Å². The Morgan fingerprint density at radius 1 is 0.250 bits per heavy atom. The first-order chi connectivity index (χ1) is 37.0. The summed E-state index contributed by atoms with van der Waals surface area (Å²) in [4.78, 5) is 31.1. The molecule has 0 bridgehead atoms. The number of carbonyl (C=O) groups excluding carboxylic acids is 2. The maximum atomic E-state index is 15.5. The molecular formula is C68H122Br4O4. The lowest BCUT2D eigenvalue weighted by Crippen LogP contribution is -2.38. The third kappa shape index (κ3) is 35.2. The Morgan fingerprint density at radius 2 is 0.395 bits per heavy atom. The van der Waals surface area contributed by atoms with Crippen LogP contribution < -0.4 is 0 Å². The van der Waals surface area contributed by atoms with E-state index in [2.05, 4.69) is 105 Å². The van der Waals surface area contributed by atoms with E-state index in [-0.39, 0.29) is 11.1 Å². The molecular weight excluding hydrogens is 1200 g/mol. The van der Waals surface area contributed by atoms with Crippen LogP contribution in [0.2, 0.25) is 0 Å². The summed E-state index contributed by atoms with van der Waals surface area (Å²) in [6.07, 6.45) is 62.1. The summed E-state index contributed by atoms with van der Waals surface area (Å²) in [5, 5.41) is 0. The molecule has 1 aromatic carbocycles. The number of esters is 2. The van der Waals surface area contributed by atoms with Gasteiger partial charge in [0.1, 0.15) is 11.2 Å². The Hall–Kier alpha value is 0.0800. The molecule has 8 heteroatoms. The van der Waals surface area contributed by atoms with Gasteiger partial charge in [-0.2, -0.15) is 0 Å². The van der Waals surface area contributed by atoms with Gasteiger partial charge in [-0.3, -0.25) is 0 Å². The van der Waals surface area contributed by atoms with Crippen LogP contribution in [-0.2, 0) is 9.47 Å². The molecule has 4 nitrogen and oxygen atoms in total. The van der Waals surface area contributed by atoms with E-state index in [1.165, 1.54) is 218 Å². The van der Waals surface area contributed by atoms with Crippen LogP contribution in [0.4, 0.5) is 0 Å². The van der Waals surface area contributed by atoms with Crippen molar-refractivity contribution in [2.75, 3.05) is 0 Å². The van der Waals surface area contributed by atoms with Crippen molar-refractivity contribution in [3.05, 3.63) is 29.0 Å². The van der Waals surface area contributed by atoms with Crippen LogP contribution in [0.3, 0.4) is 0 Å². The summed E-state index contributed by atoms with van der Waals surface area (Å²) in [6.45, 7) is 13.7. The number of hydrogen-bond acceptors (Lipinski definition) is 4. The second kappa shape index (κ2) is 50.8. The highest BCUT2D eigenvalue weighted by atomic mass is 79.9. The zero-order chi connectivity index (χ0) is 55.8. The molecule has 0 heterocycles. The molecule has 0 atom stereocenters. The summed E-state index contributed by atoms with van der Waals surface area (Å²) in [5.41, 5.74) is -0.615. The highest BCUT2D eigenvalue weighted by molar-refractivity contribution is 9.15. The van der Waals surface area contributed by atoms with E-state index >= 15 is 9.59 Å². The van der Waals surface area contributed by atoms with Gasteiger partial charge >= 0.3 is 11.9 Å². The maximum Gasteiger partial charge on any atom is 0.340 e. The van der Waals surface area contributed by atoms with Gasteiger partial charge in [0, 0.05) is 17.9 Å². The number of rotatable bonds is 56. The quantitative estimate of drug-likeness (QED) is 0.0282. The van der Waals surface area contributed by atoms with Crippen LogP contribution in [0.5, 0.6) is 0 Å². The van der Waals surface area contributed by atoms with Crippen LogP contribution in [0, 0.1) is 0 Å². The van der Waals surface area contributed by atoms with E-state index in [1.54, 1.807) is 0 Å². The third-order valence-electron chi connectivity index (χ3n) is 16.7. The van der Waals surface area contributed by atoms with Gasteiger partial charge < -0.3 is 9.47 Å². The summed E-state index contributed by atoms with van der Waals surface area (Å²) in [6, 6.07) is 0. The monoisotopic (exact) mass is 1320 g/mol. The number of hydrogen-bond donors (Lipinski definition) is 0. The molecule has 0 amide bonds. The highest BCUT2D eigenvalue weighted by Gasteiger charge is 2.40. The van der Waals surface area contributed by atoms with Crippen molar-refractivity contribution in [2.45, 2.75) is 387 Å². The predicted molar refractivity (Wildman–Crippen MR) is 348 cm³/mol. The third-order valence-corrected chi connectivity index (χ3v) is 21.5. The van der Waals surface area contributed by atoms with Gasteiger partial charge in [0.2, 0.25) is 0 Å². The van der Waals surface area contributed by atoms with E-state index < -0.39 is 23.1 Å². The van der Waals surface area contributed by atoms with E-state index in [0.29, 0.717) is 17.9 Å². The molecule has 0 aliphatic heterocycles. The molecule has 446 valence electrons. The van der Waals surface area contributed by atoms with Gasteiger partial charge in [0.15, 0.2) is 0 Å². The van der Waals surface area contributed by atoms with Crippen molar-refractivity contribution in [1.29, 1.82) is 0 Å². The zero-order valence-corrected chi connectivity index (χ0v) is 57.3. The fraction of sp³-hybridized carbons (Fsp3) is 0.882. The molecule has 0 radical (unpaired) electrons. The van der Waals surface area contributed by atoms with Gasteiger partial charge in [0.05, 0.1) is 11.1 Å². The van der Waals surface area contributed by atoms with Crippen molar-refractivity contribution in [1.82, 2.24) is 0 Å². The fourth-order valence-electron chi connectivity index (χ4n) is 11.7. The van der Waals surface area contributed by atoms with E-state index in [4.69, 9.17) is 9.47 Å². The summed E-state index contributed by atoms with van der Waals surface area (Å²) < 4.78 is 16.8. The SMILES string of the molecule is CCCCCCCCCCC(CCCCCCCCC)(CCCCCCCCCC)OC(=O)c1c(Br)c(Br)c(Br)c(Br)c1C(=O)OC(CCCCCCCCC)(CCCCCCCCCC)CCCCCCCCCC. The Bertz CT molecular complexity index is 1380. The van der Waals surface area contributed by atoms with Crippen molar-refractivity contribution < 1.29 is 19.1 Å². The lowest BCUT2D eigenvalue weighted by molar-refractivity contribution is -0.0402. The molecule has 76 heavy (non-hydrogen) atoms. The average molecular weight is 1320 g/mol. The minimum absolute atomic E-state index is 0.284. The molecule has 0 spiro atoms. The van der Waals surface area contributed by atoms with Crippen molar-refractivity contribution >= 4 is 75.7 Å². The number of carbonyl (C=O) groups is 2. The molecule has 0 aromatic heterocycles. The lowest BCUT2D eigenvalue weighted by Gasteiger charge is -2.36. The standard InChI is InChI=1S/C68H122Br4O4/c1-7-13-19-25-31-37-43-49-55-67(53-47-41-35-29-23-17-11-5,56-50-44-38-32-26-20-14-8-2)75-65(73)59-60(62(70)64(72)63(71)61(59)69)66(74)76-68(54-48-42-36-30-24-18-12-6,57-51-45-39-33-27-21-15-9-3)58-52-46-40-34-28-22-16-10-4/h7-58H2,1-6H3. The van der Waals surface area contributed by atoms with Crippen LogP contribution >= 0.6 is 63.7 Å².